The van der Waals surface area contributed by atoms with E-state index < -0.39 is 0 Å². The Balaban J connectivity index is 0.00000441. The van der Waals surface area contributed by atoms with Gasteiger partial charge in [-0.1, -0.05) is 0 Å². The van der Waals surface area contributed by atoms with Crippen LogP contribution in [0.1, 0.15) is 25.0 Å². The minimum atomic E-state index is -0.0919. The minimum Gasteiger partial charge on any atom is -0.369 e. The maximum atomic E-state index is 5.26. The van der Waals surface area contributed by atoms with Gasteiger partial charge in [-0.25, -0.2) is 0 Å². The number of nitrogens with two attached hydrogens (primary N) is 4. The first-order valence-electron chi connectivity index (χ1n) is 5.87. The third kappa shape index (κ3) is 6.72. The lowest BCUT2D eigenvalue weighted by Crippen LogP contribution is -2.22. The van der Waals surface area contributed by atoms with Gasteiger partial charge in [0.15, 0.2) is 0 Å². The Morgan fingerprint density at radius 3 is 1.45 bits per heavy atom. The summed E-state index contributed by atoms with van der Waals surface area (Å²) < 4.78 is 1.01. The predicted octanol–water partition coefficient (Wildman–Crippen LogP) is 0.708. The van der Waals surface area contributed by atoms with Gasteiger partial charge in [0.2, 0.25) is 11.9 Å². The van der Waals surface area contributed by atoms with Crippen molar-refractivity contribution in [3.8, 4) is 0 Å². The molecule has 1 aromatic rings. The number of rotatable bonds is 4. The van der Waals surface area contributed by atoms with Gasteiger partial charge in [-0.05, 0) is 65.8 Å². The fourth-order valence-electron chi connectivity index (χ4n) is 1.39. The Morgan fingerprint density at radius 2 is 1.14 bits per heavy atom. The van der Waals surface area contributed by atoms with Crippen molar-refractivity contribution in [2.45, 2.75) is 13.8 Å². The maximum Gasteiger partial charge on any atom is 0.211 e. The third-order valence-electron chi connectivity index (χ3n) is 2.36. The van der Waals surface area contributed by atoms with Gasteiger partial charge in [0.1, 0.15) is 0 Å². The van der Waals surface area contributed by atoms with E-state index in [-0.39, 0.29) is 24.3 Å². The molecule has 0 heterocycles. The van der Waals surface area contributed by atoms with E-state index in [4.69, 9.17) is 22.9 Å². The molecule has 0 saturated carbocycles. The molecular weight excluding hydrogens is 419 g/mol. The van der Waals surface area contributed by atoms with Gasteiger partial charge in [0.25, 0.3) is 0 Å². The molecule has 22 heavy (non-hydrogen) atoms. The second kappa shape index (κ2) is 9.20. The third-order valence-corrected chi connectivity index (χ3v) is 2.99. The lowest BCUT2D eigenvalue weighted by molar-refractivity contribution is 1.19. The van der Waals surface area contributed by atoms with E-state index >= 15 is 0 Å². The second-order valence-corrected chi connectivity index (χ2v) is 5.39. The summed E-state index contributed by atoms with van der Waals surface area (Å²) in [5.41, 5.74) is 24.1. The summed E-state index contributed by atoms with van der Waals surface area (Å²) in [6.45, 7) is 3.62. The van der Waals surface area contributed by atoms with Gasteiger partial charge in [-0.3, -0.25) is 0 Å². The number of hydrogen-bond acceptors (Lipinski definition) is 4. The summed E-state index contributed by atoms with van der Waals surface area (Å²) in [7, 11) is 0. The Labute approximate surface area is 148 Å². The number of nitrogens with zero attached hydrogens (tertiary/aromatic N) is 4. The van der Waals surface area contributed by atoms with Crippen molar-refractivity contribution < 1.29 is 0 Å². The van der Waals surface area contributed by atoms with Crippen molar-refractivity contribution >= 4 is 58.3 Å². The Hall–Kier alpha value is -1.88. The van der Waals surface area contributed by atoms with Gasteiger partial charge in [-0.2, -0.15) is 10.2 Å². The van der Waals surface area contributed by atoms with E-state index in [0.717, 1.165) is 14.7 Å². The van der Waals surface area contributed by atoms with Crippen LogP contribution in [0.5, 0.6) is 0 Å². The molecule has 0 unspecified atom stereocenters. The molecule has 0 aliphatic rings. The van der Waals surface area contributed by atoms with Gasteiger partial charge in [0, 0.05) is 3.57 Å². The first-order chi connectivity index (χ1) is 9.79. The highest BCUT2D eigenvalue weighted by molar-refractivity contribution is 14.1. The normalized spacial score (nSPS) is 11.4. The van der Waals surface area contributed by atoms with Crippen LogP contribution in [0.4, 0.5) is 0 Å². The molecule has 1 aromatic carbocycles. The van der Waals surface area contributed by atoms with Crippen molar-refractivity contribution in [1.29, 1.82) is 0 Å². The first kappa shape index (κ1) is 20.1. The smallest absolute Gasteiger partial charge is 0.211 e. The van der Waals surface area contributed by atoms with Crippen molar-refractivity contribution in [3.63, 3.8) is 0 Å². The molecule has 0 aromatic heterocycles. The van der Waals surface area contributed by atoms with E-state index in [2.05, 4.69) is 43.0 Å². The van der Waals surface area contributed by atoms with Crippen LogP contribution in [0.15, 0.2) is 38.6 Å². The quantitative estimate of drug-likeness (QED) is 0.237. The molecule has 0 fully saturated rings. The van der Waals surface area contributed by atoms with Crippen molar-refractivity contribution in [2.24, 2.45) is 43.3 Å². The molecule has 0 spiro atoms. The molecule has 0 aliphatic heterocycles. The highest BCUT2D eigenvalue weighted by Gasteiger charge is 2.05. The Morgan fingerprint density at radius 1 is 0.773 bits per heavy atom. The number of guanidine groups is 2. The summed E-state index contributed by atoms with van der Waals surface area (Å²) in [4.78, 5) is 0. The van der Waals surface area contributed by atoms with Crippen LogP contribution in [-0.4, -0.2) is 23.3 Å². The molecule has 1 rings (SSSR count). The van der Waals surface area contributed by atoms with Gasteiger partial charge >= 0.3 is 0 Å². The van der Waals surface area contributed by atoms with Gasteiger partial charge in [0.05, 0.1) is 11.4 Å². The lowest BCUT2D eigenvalue weighted by atomic mass is 10.1. The molecule has 0 aliphatic carbocycles. The molecule has 8 nitrogen and oxygen atoms in total. The summed E-state index contributed by atoms with van der Waals surface area (Å²) in [6.07, 6.45) is 0. The average molecular weight is 437 g/mol. The zero-order valence-electron chi connectivity index (χ0n) is 12.1. The number of hydrogen-bond donors (Lipinski definition) is 4. The van der Waals surface area contributed by atoms with Crippen LogP contribution in [0.3, 0.4) is 0 Å². The summed E-state index contributed by atoms with van der Waals surface area (Å²) in [5, 5.41) is 15.2. The largest absolute Gasteiger partial charge is 0.369 e. The molecule has 8 N–H and O–H groups in total. The van der Waals surface area contributed by atoms with E-state index in [0.29, 0.717) is 11.4 Å². The van der Waals surface area contributed by atoms with E-state index in [1.54, 1.807) is 0 Å². The molecule has 10 heteroatoms. The Kier molecular flexibility index (Phi) is 8.42. The summed E-state index contributed by atoms with van der Waals surface area (Å²) >= 11 is 2.20. The van der Waals surface area contributed by atoms with Crippen molar-refractivity contribution in [2.75, 3.05) is 0 Å². The Bertz CT molecular complexity index is 590. The fraction of sp³-hybridized carbons (Fsp3) is 0.167. The molecular formula is C12H18ClIN8. The first-order valence-corrected chi connectivity index (χ1v) is 6.95. The maximum absolute atomic E-state index is 5.26. The highest BCUT2D eigenvalue weighted by atomic mass is 127. The van der Waals surface area contributed by atoms with E-state index in [1.807, 2.05) is 32.0 Å². The SMILES string of the molecule is C/C(=N\N=C(N)N)c1cc(I)cc(/C(C)=N/N=C(N)N)c1.Cl. The molecule has 0 bridgehead atoms. The molecule has 0 amide bonds. The monoisotopic (exact) mass is 436 g/mol. The zero-order chi connectivity index (χ0) is 16.0. The summed E-state index contributed by atoms with van der Waals surface area (Å²) in [5.74, 6) is -0.184. The standard InChI is InChI=1S/C12H17IN8.ClH/c1-6(18-20-11(14)15)8-3-9(5-10(13)4-8)7(2)19-21-12(16)17;/h3-5H,1-2H3,(H4,14,15,20)(H4,16,17,21);1H/b18-6+,19-7+;. The van der Waals surface area contributed by atoms with Crippen LogP contribution in [-0.2, 0) is 0 Å². The van der Waals surface area contributed by atoms with Gasteiger partial charge in [-0.15, -0.1) is 22.6 Å². The van der Waals surface area contributed by atoms with E-state index in [9.17, 15) is 0 Å². The van der Waals surface area contributed by atoms with Crippen LogP contribution >= 0.6 is 35.0 Å². The van der Waals surface area contributed by atoms with E-state index in [1.165, 1.54) is 0 Å². The van der Waals surface area contributed by atoms with Crippen molar-refractivity contribution in [3.05, 3.63) is 32.9 Å². The zero-order valence-corrected chi connectivity index (χ0v) is 15.1. The highest BCUT2D eigenvalue weighted by Crippen LogP contribution is 2.15. The molecule has 0 saturated heterocycles. The molecule has 120 valence electrons. The molecule has 0 atom stereocenters. The lowest BCUT2D eigenvalue weighted by Gasteiger charge is -2.05. The fourth-order valence-corrected chi connectivity index (χ4v) is 2.06. The van der Waals surface area contributed by atoms with Crippen LogP contribution in [0.2, 0.25) is 0 Å². The predicted molar refractivity (Wildman–Crippen MR) is 102 cm³/mol. The average Bonchev–Trinajstić information content (AvgIpc) is 2.41. The topological polar surface area (TPSA) is 154 Å². The van der Waals surface area contributed by atoms with Gasteiger partial charge < -0.3 is 22.9 Å². The second-order valence-electron chi connectivity index (χ2n) is 4.15. The molecule has 0 radical (unpaired) electrons. The minimum absolute atomic E-state index is 0. The van der Waals surface area contributed by atoms with Crippen molar-refractivity contribution in [1.82, 2.24) is 0 Å². The van der Waals surface area contributed by atoms with Crippen LogP contribution < -0.4 is 22.9 Å². The summed E-state index contributed by atoms with van der Waals surface area (Å²) in [6, 6.07) is 5.82. The van der Waals surface area contributed by atoms with Crippen LogP contribution in [0, 0.1) is 3.57 Å². The van der Waals surface area contributed by atoms with Crippen LogP contribution in [0.25, 0.3) is 0 Å². The number of benzene rings is 1. The number of halogens is 2.